The van der Waals surface area contributed by atoms with Crippen LogP contribution in [-0.4, -0.2) is 25.7 Å². The number of nitrogens with two attached hydrogens (primary N) is 1. The van der Waals surface area contributed by atoms with E-state index in [4.69, 9.17) is 10.5 Å². The van der Waals surface area contributed by atoms with E-state index >= 15 is 0 Å². The molecule has 1 aliphatic rings. The lowest BCUT2D eigenvalue weighted by atomic mass is 10.1. The molecule has 0 heterocycles. The first-order chi connectivity index (χ1) is 9.19. The van der Waals surface area contributed by atoms with Crippen LogP contribution in [0.15, 0.2) is 18.2 Å². The molecule has 1 fully saturated rings. The Bertz CT molecular complexity index is 453. The molecule has 0 atom stereocenters. The van der Waals surface area contributed by atoms with Crippen molar-refractivity contribution in [2.24, 2.45) is 0 Å². The summed E-state index contributed by atoms with van der Waals surface area (Å²) >= 11 is 0. The van der Waals surface area contributed by atoms with E-state index in [2.05, 4.69) is 11.8 Å². The van der Waals surface area contributed by atoms with Crippen molar-refractivity contribution in [3.05, 3.63) is 23.8 Å². The number of carbonyl (C=O) groups excluding carboxylic acids is 1. The van der Waals surface area contributed by atoms with E-state index in [9.17, 15) is 4.79 Å². The Morgan fingerprint density at radius 2 is 2.11 bits per heavy atom. The second-order valence-corrected chi connectivity index (χ2v) is 4.96. The minimum absolute atomic E-state index is 0.321. The van der Waals surface area contributed by atoms with Gasteiger partial charge in [-0.05, 0) is 31.9 Å². The van der Waals surface area contributed by atoms with E-state index in [1.54, 1.807) is 12.1 Å². The Morgan fingerprint density at radius 1 is 1.42 bits per heavy atom. The maximum atomic E-state index is 11.9. The number of methoxy groups -OCH3 is 1. The van der Waals surface area contributed by atoms with Crippen molar-refractivity contribution in [3.8, 4) is 0 Å². The molecule has 1 aliphatic carbocycles. The molecule has 2 N–H and O–H groups in total. The predicted molar refractivity (Wildman–Crippen MR) is 77.5 cm³/mol. The van der Waals surface area contributed by atoms with Crippen molar-refractivity contribution in [2.75, 3.05) is 24.3 Å². The van der Waals surface area contributed by atoms with Crippen LogP contribution in [0.5, 0.6) is 0 Å². The smallest absolute Gasteiger partial charge is 0.340 e. The van der Waals surface area contributed by atoms with Gasteiger partial charge in [0.25, 0.3) is 0 Å². The third-order valence-electron chi connectivity index (χ3n) is 3.87. The summed E-state index contributed by atoms with van der Waals surface area (Å²) in [5.41, 5.74) is 8.16. The number of para-hydroxylation sites is 1. The van der Waals surface area contributed by atoms with Crippen LogP contribution in [0.25, 0.3) is 0 Å². The van der Waals surface area contributed by atoms with Crippen LogP contribution in [0, 0.1) is 0 Å². The molecule has 1 saturated carbocycles. The number of benzene rings is 1. The number of anilines is 2. The molecule has 0 radical (unpaired) electrons. The lowest BCUT2D eigenvalue weighted by molar-refractivity contribution is 0.0601. The van der Waals surface area contributed by atoms with Gasteiger partial charge in [0, 0.05) is 12.6 Å². The van der Waals surface area contributed by atoms with Crippen LogP contribution in [0.2, 0.25) is 0 Å². The molecule has 1 aromatic rings. The SMILES string of the molecule is CCN(c1c(N)cccc1C(=O)OC)C1CCCC1. The van der Waals surface area contributed by atoms with Crippen molar-refractivity contribution in [1.29, 1.82) is 0 Å². The zero-order valence-electron chi connectivity index (χ0n) is 11.7. The zero-order valence-corrected chi connectivity index (χ0v) is 11.7. The van der Waals surface area contributed by atoms with Crippen LogP contribution in [-0.2, 0) is 4.74 Å². The fraction of sp³-hybridized carbons (Fsp3) is 0.533. The second kappa shape index (κ2) is 5.95. The molecule has 0 unspecified atom stereocenters. The Balaban J connectivity index is 2.42. The summed E-state index contributed by atoms with van der Waals surface area (Å²) in [6, 6.07) is 5.92. The summed E-state index contributed by atoms with van der Waals surface area (Å²) in [5, 5.41) is 0. The number of esters is 1. The summed E-state index contributed by atoms with van der Waals surface area (Å²) in [7, 11) is 1.40. The standard InChI is InChI=1S/C15H22N2O2/c1-3-17(11-7-4-5-8-11)14-12(15(18)19-2)9-6-10-13(14)16/h6,9-11H,3-5,7-8,16H2,1-2H3. The molecule has 1 aromatic carbocycles. The Labute approximate surface area is 114 Å². The molecule has 0 aliphatic heterocycles. The maximum absolute atomic E-state index is 11.9. The first kappa shape index (κ1) is 13.7. The van der Waals surface area contributed by atoms with Crippen LogP contribution in [0.1, 0.15) is 43.0 Å². The molecule has 0 spiro atoms. The average molecular weight is 262 g/mol. The normalized spacial score (nSPS) is 15.5. The van der Waals surface area contributed by atoms with Crippen LogP contribution < -0.4 is 10.6 Å². The Morgan fingerprint density at radius 3 is 2.68 bits per heavy atom. The quantitative estimate of drug-likeness (QED) is 0.669. The van der Waals surface area contributed by atoms with Crippen molar-refractivity contribution in [2.45, 2.75) is 38.6 Å². The molecule has 0 aromatic heterocycles. The number of carbonyl (C=O) groups is 1. The van der Waals surface area contributed by atoms with Gasteiger partial charge in [-0.15, -0.1) is 0 Å². The molecule has 104 valence electrons. The van der Waals surface area contributed by atoms with Gasteiger partial charge in [0.1, 0.15) is 0 Å². The topological polar surface area (TPSA) is 55.6 Å². The first-order valence-electron chi connectivity index (χ1n) is 6.92. The number of nitrogens with zero attached hydrogens (tertiary/aromatic N) is 1. The molecule has 0 amide bonds. The van der Waals surface area contributed by atoms with E-state index in [0.717, 1.165) is 12.2 Å². The van der Waals surface area contributed by atoms with E-state index < -0.39 is 0 Å². The van der Waals surface area contributed by atoms with E-state index in [1.165, 1.54) is 32.8 Å². The fourth-order valence-electron chi connectivity index (χ4n) is 2.97. The highest BCUT2D eigenvalue weighted by atomic mass is 16.5. The maximum Gasteiger partial charge on any atom is 0.340 e. The summed E-state index contributed by atoms with van der Waals surface area (Å²) in [4.78, 5) is 14.2. The minimum atomic E-state index is -0.321. The number of hydrogen-bond acceptors (Lipinski definition) is 4. The van der Waals surface area contributed by atoms with Gasteiger partial charge in [-0.3, -0.25) is 0 Å². The highest BCUT2D eigenvalue weighted by Crippen LogP contribution is 2.34. The summed E-state index contributed by atoms with van der Waals surface area (Å²) in [5.74, 6) is -0.321. The van der Waals surface area contributed by atoms with Crippen LogP contribution in [0.3, 0.4) is 0 Å². The first-order valence-corrected chi connectivity index (χ1v) is 6.92. The zero-order chi connectivity index (χ0) is 13.8. The lowest BCUT2D eigenvalue weighted by Gasteiger charge is -2.32. The number of hydrogen-bond donors (Lipinski definition) is 1. The minimum Gasteiger partial charge on any atom is -0.465 e. The highest BCUT2D eigenvalue weighted by Gasteiger charge is 2.26. The third-order valence-corrected chi connectivity index (χ3v) is 3.87. The average Bonchev–Trinajstić information content (AvgIpc) is 2.94. The van der Waals surface area contributed by atoms with Gasteiger partial charge < -0.3 is 15.4 Å². The van der Waals surface area contributed by atoms with Crippen LogP contribution in [0.4, 0.5) is 11.4 Å². The monoisotopic (exact) mass is 262 g/mol. The van der Waals surface area contributed by atoms with Crippen molar-refractivity contribution >= 4 is 17.3 Å². The highest BCUT2D eigenvalue weighted by molar-refractivity contribution is 5.99. The summed E-state index contributed by atoms with van der Waals surface area (Å²) in [6.45, 7) is 2.95. The van der Waals surface area contributed by atoms with Gasteiger partial charge in [-0.25, -0.2) is 4.79 Å². The van der Waals surface area contributed by atoms with Gasteiger partial charge in [0.05, 0.1) is 24.0 Å². The van der Waals surface area contributed by atoms with Gasteiger partial charge in [0.2, 0.25) is 0 Å². The molecule has 0 saturated heterocycles. The molecule has 4 heteroatoms. The lowest BCUT2D eigenvalue weighted by Crippen LogP contribution is -2.35. The van der Waals surface area contributed by atoms with Gasteiger partial charge in [-0.2, -0.15) is 0 Å². The van der Waals surface area contributed by atoms with Crippen molar-refractivity contribution in [3.63, 3.8) is 0 Å². The number of ether oxygens (including phenoxy) is 1. The molecule has 4 nitrogen and oxygen atoms in total. The van der Waals surface area contributed by atoms with Gasteiger partial charge in [-0.1, -0.05) is 18.9 Å². The number of nitrogen functional groups attached to an aromatic ring is 1. The number of rotatable bonds is 4. The molecular weight excluding hydrogens is 240 g/mol. The van der Waals surface area contributed by atoms with Crippen LogP contribution >= 0.6 is 0 Å². The van der Waals surface area contributed by atoms with Crippen molar-refractivity contribution in [1.82, 2.24) is 0 Å². The van der Waals surface area contributed by atoms with E-state index in [0.29, 0.717) is 17.3 Å². The molecule has 2 rings (SSSR count). The molecule has 0 bridgehead atoms. The van der Waals surface area contributed by atoms with E-state index in [-0.39, 0.29) is 5.97 Å². The van der Waals surface area contributed by atoms with Gasteiger partial charge >= 0.3 is 5.97 Å². The Hall–Kier alpha value is -1.71. The third kappa shape index (κ3) is 2.67. The Kier molecular flexibility index (Phi) is 4.30. The molecule has 19 heavy (non-hydrogen) atoms. The second-order valence-electron chi connectivity index (χ2n) is 4.96. The van der Waals surface area contributed by atoms with Gasteiger partial charge in [0.15, 0.2) is 0 Å². The fourth-order valence-corrected chi connectivity index (χ4v) is 2.97. The summed E-state index contributed by atoms with van der Waals surface area (Å²) in [6.07, 6.45) is 4.84. The predicted octanol–water partition coefficient (Wildman–Crippen LogP) is 2.82. The van der Waals surface area contributed by atoms with E-state index in [1.807, 2.05) is 6.07 Å². The largest absolute Gasteiger partial charge is 0.465 e. The summed E-state index contributed by atoms with van der Waals surface area (Å²) < 4.78 is 4.87. The molecular formula is C15H22N2O2. The van der Waals surface area contributed by atoms with Crippen molar-refractivity contribution < 1.29 is 9.53 Å².